The van der Waals surface area contributed by atoms with E-state index >= 15 is 0 Å². The van der Waals surface area contributed by atoms with Gasteiger partial charge >= 0.3 is 0 Å². The van der Waals surface area contributed by atoms with E-state index in [1.807, 2.05) is 20.8 Å². The quantitative estimate of drug-likeness (QED) is 0.589. The maximum Gasteiger partial charge on any atom is 0.108 e. The minimum Gasteiger partial charge on any atom is -0.244 e. The van der Waals surface area contributed by atoms with Gasteiger partial charge in [-0.25, -0.2) is 4.39 Å². The van der Waals surface area contributed by atoms with E-state index in [2.05, 4.69) is 20.8 Å². The molecule has 0 N–H and O–H groups in total. The van der Waals surface area contributed by atoms with Crippen LogP contribution in [0.4, 0.5) is 4.39 Å². The number of hydrogen-bond acceptors (Lipinski definition) is 0. The minimum atomic E-state index is -0.965. The fourth-order valence-electron chi connectivity index (χ4n) is 1.72. The smallest absolute Gasteiger partial charge is 0.108 e. The van der Waals surface area contributed by atoms with Crippen LogP contribution in [0, 0.1) is 5.41 Å². The van der Waals surface area contributed by atoms with E-state index in [0.29, 0.717) is 12.8 Å². The van der Waals surface area contributed by atoms with E-state index in [1.54, 1.807) is 6.92 Å². The minimum absolute atomic E-state index is 0.110. The molecule has 0 aliphatic heterocycles. The van der Waals surface area contributed by atoms with Gasteiger partial charge in [-0.15, -0.1) is 0 Å². The molecule has 0 amide bonds. The van der Waals surface area contributed by atoms with E-state index in [9.17, 15) is 4.39 Å². The monoisotopic (exact) mass is 190 g/mol. The maximum atomic E-state index is 13.6. The lowest BCUT2D eigenvalue weighted by Gasteiger charge is -2.28. The van der Waals surface area contributed by atoms with Crippen molar-refractivity contribution in [3.05, 3.63) is 0 Å². The summed E-state index contributed by atoms with van der Waals surface area (Å²) in [6.07, 6.45) is 2.28. The average Bonchev–Trinajstić information content (AvgIpc) is 1.85. The zero-order valence-electron chi connectivity index (χ0n) is 10.5. The fourth-order valence-corrected chi connectivity index (χ4v) is 1.72. The van der Waals surface area contributed by atoms with Crippen molar-refractivity contribution < 1.29 is 4.39 Å². The molecule has 0 aliphatic carbocycles. The molecule has 0 spiro atoms. The average molecular weight is 190 g/mol. The van der Waals surface area contributed by atoms with Crippen molar-refractivity contribution in [3.63, 3.8) is 0 Å². The molecule has 0 aromatic heterocycles. The molecule has 1 atom stereocenters. The Morgan fingerprint density at radius 1 is 1.00 bits per heavy atom. The van der Waals surface area contributed by atoms with E-state index < -0.39 is 5.67 Å². The third-order valence-electron chi connectivity index (χ3n) is 1.67. The van der Waals surface area contributed by atoms with Crippen molar-refractivity contribution in [2.45, 2.75) is 73.4 Å². The predicted molar refractivity (Wildman–Crippen MR) is 59.8 cm³/mol. The first-order chi connectivity index (χ1) is 5.77. The second-order valence-electron chi connectivity index (χ2n) is 4.90. The van der Waals surface area contributed by atoms with Crippen LogP contribution in [-0.2, 0) is 0 Å². The van der Waals surface area contributed by atoms with Crippen LogP contribution in [0.25, 0.3) is 0 Å². The van der Waals surface area contributed by atoms with Gasteiger partial charge in [0.25, 0.3) is 0 Å². The highest BCUT2D eigenvalue weighted by atomic mass is 19.1. The van der Waals surface area contributed by atoms with Crippen LogP contribution in [0.2, 0.25) is 0 Å². The molecular weight excluding hydrogens is 163 g/mol. The number of alkyl halides is 1. The molecule has 0 rings (SSSR count). The molecule has 13 heavy (non-hydrogen) atoms. The Labute approximate surface area is 83.9 Å². The number of hydrogen-bond donors (Lipinski definition) is 0. The maximum absolute atomic E-state index is 13.6. The summed E-state index contributed by atoms with van der Waals surface area (Å²) >= 11 is 0. The first-order valence-corrected chi connectivity index (χ1v) is 5.46. The molecule has 0 nitrogen and oxygen atoms in total. The van der Waals surface area contributed by atoms with Crippen molar-refractivity contribution in [2.75, 3.05) is 0 Å². The predicted octanol–water partition coefficient (Wildman–Crippen LogP) is 4.98. The first kappa shape index (κ1) is 15.4. The highest BCUT2D eigenvalue weighted by Crippen LogP contribution is 2.32. The molecule has 0 heterocycles. The molecular formula is C12H27F. The van der Waals surface area contributed by atoms with E-state index in [-0.39, 0.29) is 5.41 Å². The summed E-state index contributed by atoms with van der Waals surface area (Å²) in [6, 6.07) is 0. The van der Waals surface area contributed by atoms with Gasteiger partial charge in [-0.1, -0.05) is 48.0 Å². The largest absolute Gasteiger partial charge is 0.244 e. The summed E-state index contributed by atoms with van der Waals surface area (Å²) in [5.41, 5.74) is -0.855. The van der Waals surface area contributed by atoms with Crippen LogP contribution < -0.4 is 0 Å². The van der Waals surface area contributed by atoms with E-state index in [4.69, 9.17) is 0 Å². The molecule has 0 fully saturated rings. The van der Waals surface area contributed by atoms with Crippen molar-refractivity contribution >= 4 is 0 Å². The van der Waals surface area contributed by atoms with E-state index in [0.717, 1.165) is 6.42 Å². The van der Waals surface area contributed by atoms with Crippen molar-refractivity contribution in [1.29, 1.82) is 0 Å². The Kier molecular flexibility index (Phi) is 7.58. The molecule has 0 aliphatic rings. The van der Waals surface area contributed by atoms with E-state index in [1.165, 1.54) is 0 Å². The first-order valence-electron chi connectivity index (χ1n) is 5.46. The summed E-state index contributed by atoms with van der Waals surface area (Å²) < 4.78 is 13.6. The summed E-state index contributed by atoms with van der Waals surface area (Å²) in [5, 5.41) is 0. The molecule has 0 bridgehead atoms. The van der Waals surface area contributed by atoms with Gasteiger partial charge in [0.1, 0.15) is 5.67 Å². The Morgan fingerprint density at radius 3 is 1.62 bits per heavy atom. The van der Waals surface area contributed by atoms with Gasteiger partial charge < -0.3 is 0 Å². The summed E-state index contributed by atoms with van der Waals surface area (Å²) in [6.45, 7) is 14.0. The van der Waals surface area contributed by atoms with Gasteiger partial charge in [0.05, 0.1) is 0 Å². The van der Waals surface area contributed by atoms with Crippen molar-refractivity contribution in [1.82, 2.24) is 0 Å². The van der Waals surface area contributed by atoms with Crippen LogP contribution in [-0.4, -0.2) is 5.67 Å². The van der Waals surface area contributed by atoms with Gasteiger partial charge in [0, 0.05) is 0 Å². The van der Waals surface area contributed by atoms with Gasteiger partial charge in [-0.05, 0) is 25.2 Å². The summed E-state index contributed by atoms with van der Waals surface area (Å²) in [7, 11) is 0. The highest BCUT2D eigenvalue weighted by Gasteiger charge is 2.28. The highest BCUT2D eigenvalue weighted by molar-refractivity contribution is 4.79. The van der Waals surface area contributed by atoms with Crippen LogP contribution in [0.15, 0.2) is 0 Å². The molecule has 0 radical (unpaired) electrons. The van der Waals surface area contributed by atoms with Crippen LogP contribution >= 0.6 is 0 Å². The molecule has 1 heteroatoms. The van der Waals surface area contributed by atoms with Gasteiger partial charge in [-0.3, -0.25) is 0 Å². The lowest BCUT2D eigenvalue weighted by atomic mass is 9.82. The normalized spacial score (nSPS) is 15.7. The molecule has 0 saturated carbocycles. The number of halogens is 1. The Hall–Kier alpha value is -0.0700. The summed E-state index contributed by atoms with van der Waals surface area (Å²) in [4.78, 5) is 0. The topological polar surface area (TPSA) is 0 Å². The zero-order valence-corrected chi connectivity index (χ0v) is 10.5. The Bertz CT molecular complexity index is 109. The lowest BCUT2D eigenvalue weighted by molar-refractivity contribution is 0.108. The van der Waals surface area contributed by atoms with Crippen LogP contribution in [0.3, 0.4) is 0 Å². The molecule has 0 aromatic rings. The SMILES string of the molecule is CC.CCCC(C)(F)CC(C)(C)C. The lowest BCUT2D eigenvalue weighted by Crippen LogP contribution is -2.25. The second kappa shape index (κ2) is 6.39. The fraction of sp³-hybridized carbons (Fsp3) is 1.00. The van der Waals surface area contributed by atoms with Gasteiger partial charge in [-0.2, -0.15) is 0 Å². The van der Waals surface area contributed by atoms with Gasteiger partial charge in [0.15, 0.2) is 0 Å². The Balaban J connectivity index is 0. The van der Waals surface area contributed by atoms with Crippen molar-refractivity contribution in [3.8, 4) is 0 Å². The van der Waals surface area contributed by atoms with Crippen molar-refractivity contribution in [2.24, 2.45) is 5.41 Å². The standard InChI is InChI=1S/C10H21F.C2H6/c1-6-7-10(5,11)8-9(2,3)4;1-2/h6-8H2,1-5H3;1-2H3. The second-order valence-corrected chi connectivity index (χ2v) is 4.90. The molecule has 0 saturated heterocycles. The summed E-state index contributed by atoms with van der Waals surface area (Å²) in [5.74, 6) is 0. The van der Waals surface area contributed by atoms with Gasteiger partial charge in [0.2, 0.25) is 0 Å². The zero-order chi connectivity index (χ0) is 11.1. The van der Waals surface area contributed by atoms with Crippen LogP contribution in [0.5, 0.6) is 0 Å². The molecule has 82 valence electrons. The van der Waals surface area contributed by atoms with Crippen LogP contribution in [0.1, 0.15) is 67.7 Å². The molecule has 0 aromatic carbocycles. The third kappa shape index (κ3) is 11.9. The molecule has 1 unspecified atom stereocenters. The number of rotatable bonds is 3. The third-order valence-corrected chi connectivity index (χ3v) is 1.67. The Morgan fingerprint density at radius 2 is 1.38 bits per heavy atom.